The first-order valence-electron chi connectivity index (χ1n) is 11.2. The van der Waals surface area contributed by atoms with E-state index in [1.807, 2.05) is 95.7 Å². The highest BCUT2D eigenvalue weighted by Gasteiger charge is 2.23. The lowest BCUT2D eigenvalue weighted by atomic mass is 10.1. The Balaban J connectivity index is 1.34. The molecule has 37 heavy (non-hydrogen) atoms. The van der Waals surface area contributed by atoms with Crippen molar-refractivity contribution in [3.05, 3.63) is 117 Å². The molecule has 0 bridgehead atoms. The van der Waals surface area contributed by atoms with Crippen molar-refractivity contribution in [1.82, 2.24) is 4.98 Å². The van der Waals surface area contributed by atoms with Crippen LogP contribution in [0.25, 0.3) is 11.3 Å². The maximum Gasteiger partial charge on any atom is 0.265 e. The smallest absolute Gasteiger partial charge is 0.265 e. The van der Waals surface area contributed by atoms with Crippen molar-refractivity contribution >= 4 is 68.7 Å². The number of nitrogens with one attached hydrogen (secondary N) is 2. The summed E-state index contributed by atoms with van der Waals surface area (Å²) in [4.78, 5) is 32.0. The molecule has 0 saturated heterocycles. The van der Waals surface area contributed by atoms with Gasteiger partial charge in [-0.05, 0) is 47.3 Å². The second-order valence-corrected chi connectivity index (χ2v) is 11.3. The number of thiazole rings is 1. The zero-order valence-electron chi connectivity index (χ0n) is 19.3. The second kappa shape index (κ2) is 11.7. The van der Waals surface area contributed by atoms with Crippen LogP contribution in [0, 0.1) is 0 Å². The highest BCUT2D eigenvalue weighted by Crippen LogP contribution is 2.38. The predicted molar refractivity (Wildman–Crippen MR) is 155 cm³/mol. The van der Waals surface area contributed by atoms with Crippen LogP contribution < -0.4 is 10.6 Å². The van der Waals surface area contributed by atoms with E-state index >= 15 is 0 Å². The van der Waals surface area contributed by atoms with Crippen LogP contribution in [0.15, 0.2) is 107 Å². The molecule has 0 spiro atoms. The number of carbonyl (C=O) groups excluding carboxylic acids is 2. The van der Waals surface area contributed by atoms with Gasteiger partial charge in [0.1, 0.15) is 5.25 Å². The lowest BCUT2D eigenvalue weighted by molar-refractivity contribution is -0.115. The lowest BCUT2D eigenvalue weighted by Gasteiger charge is -2.17. The van der Waals surface area contributed by atoms with Gasteiger partial charge in [0.05, 0.1) is 10.6 Å². The molecule has 3 aromatic carbocycles. The van der Waals surface area contributed by atoms with Crippen molar-refractivity contribution < 1.29 is 9.59 Å². The van der Waals surface area contributed by atoms with Crippen molar-refractivity contribution in [2.24, 2.45) is 0 Å². The Morgan fingerprint density at radius 3 is 2.43 bits per heavy atom. The summed E-state index contributed by atoms with van der Waals surface area (Å²) in [7, 11) is 0. The van der Waals surface area contributed by atoms with Gasteiger partial charge in [-0.15, -0.1) is 34.4 Å². The van der Waals surface area contributed by atoms with Crippen molar-refractivity contribution in [3.63, 3.8) is 0 Å². The number of hydrogen-bond donors (Lipinski definition) is 2. The SMILES string of the molecule is O=C(Nc1cccc(SC(C(=O)Nc2nc(-c3ccc(Cl)cc3)cs2)c2ccccc2)c1)c1cccs1. The standard InChI is InChI=1S/C28H20ClN3O2S3/c29-20-13-11-18(12-14-20)23-17-36-28(31-23)32-27(34)25(19-6-2-1-3-7-19)37-22-9-4-8-21(16-22)30-26(33)24-10-5-15-35-24/h1-17,25H,(H,30,33)(H,31,32,34). The number of carbonyl (C=O) groups is 2. The number of anilines is 2. The van der Waals surface area contributed by atoms with E-state index in [9.17, 15) is 9.59 Å². The van der Waals surface area contributed by atoms with Crippen LogP contribution in [0.5, 0.6) is 0 Å². The predicted octanol–water partition coefficient (Wildman–Crippen LogP) is 8.25. The molecule has 5 nitrogen and oxygen atoms in total. The van der Waals surface area contributed by atoms with Gasteiger partial charge in [-0.2, -0.15) is 0 Å². The number of benzene rings is 3. The fourth-order valence-corrected chi connectivity index (χ4v) is 6.09. The first-order valence-corrected chi connectivity index (χ1v) is 14.3. The summed E-state index contributed by atoms with van der Waals surface area (Å²) < 4.78 is 0. The molecule has 2 N–H and O–H groups in total. The van der Waals surface area contributed by atoms with Crippen LogP contribution in [0.1, 0.15) is 20.5 Å². The molecule has 184 valence electrons. The topological polar surface area (TPSA) is 71.1 Å². The molecule has 0 aliphatic rings. The number of amides is 2. The van der Waals surface area contributed by atoms with Gasteiger partial charge in [-0.1, -0.05) is 66.2 Å². The number of rotatable bonds is 8. The first-order chi connectivity index (χ1) is 18.0. The Morgan fingerprint density at radius 2 is 1.68 bits per heavy atom. The average molecular weight is 562 g/mol. The molecular formula is C28H20ClN3O2S3. The first kappa shape index (κ1) is 25.2. The van der Waals surface area contributed by atoms with Gasteiger partial charge >= 0.3 is 0 Å². The molecule has 2 heterocycles. The van der Waals surface area contributed by atoms with Crippen molar-refractivity contribution in [2.45, 2.75) is 10.1 Å². The van der Waals surface area contributed by atoms with Gasteiger partial charge in [0, 0.05) is 26.5 Å². The fourth-order valence-electron chi connectivity index (χ4n) is 3.54. The molecule has 0 fully saturated rings. The van der Waals surface area contributed by atoms with Crippen molar-refractivity contribution in [2.75, 3.05) is 10.6 Å². The van der Waals surface area contributed by atoms with Gasteiger partial charge in [0.2, 0.25) is 5.91 Å². The van der Waals surface area contributed by atoms with Crippen LogP contribution in [-0.2, 0) is 4.79 Å². The number of thioether (sulfide) groups is 1. The minimum absolute atomic E-state index is 0.158. The van der Waals surface area contributed by atoms with Crippen LogP contribution >= 0.6 is 46.0 Å². The highest BCUT2D eigenvalue weighted by atomic mass is 35.5. The molecule has 0 radical (unpaired) electrons. The van der Waals surface area contributed by atoms with E-state index in [2.05, 4.69) is 15.6 Å². The van der Waals surface area contributed by atoms with Gasteiger partial charge in [-0.25, -0.2) is 4.98 Å². The van der Waals surface area contributed by atoms with Gasteiger partial charge in [0.15, 0.2) is 5.13 Å². The molecule has 0 aliphatic carbocycles. The van der Waals surface area contributed by atoms with Crippen LogP contribution in [0.2, 0.25) is 5.02 Å². The maximum absolute atomic E-state index is 13.5. The summed E-state index contributed by atoms with van der Waals surface area (Å²) in [6.45, 7) is 0. The molecule has 0 aliphatic heterocycles. The normalized spacial score (nSPS) is 11.6. The summed E-state index contributed by atoms with van der Waals surface area (Å²) in [5.74, 6) is -0.337. The van der Waals surface area contributed by atoms with Crippen molar-refractivity contribution in [1.29, 1.82) is 0 Å². The lowest BCUT2D eigenvalue weighted by Crippen LogP contribution is -2.19. The summed E-state index contributed by atoms with van der Waals surface area (Å²) in [5, 5.41) is 10.3. The van der Waals surface area contributed by atoms with Crippen molar-refractivity contribution in [3.8, 4) is 11.3 Å². The van der Waals surface area contributed by atoms with Gasteiger partial charge in [-0.3, -0.25) is 9.59 Å². The van der Waals surface area contributed by atoms with E-state index in [1.54, 1.807) is 6.07 Å². The zero-order chi connectivity index (χ0) is 25.6. The zero-order valence-corrected chi connectivity index (χ0v) is 22.5. The van der Waals surface area contributed by atoms with Crippen LogP contribution in [-0.4, -0.2) is 16.8 Å². The van der Waals surface area contributed by atoms with Crippen LogP contribution in [0.4, 0.5) is 10.8 Å². The Bertz CT molecular complexity index is 1500. The quantitative estimate of drug-likeness (QED) is 0.187. The fraction of sp³-hybridized carbons (Fsp3) is 0.0357. The van der Waals surface area contributed by atoms with E-state index in [4.69, 9.17) is 11.6 Å². The third kappa shape index (κ3) is 6.47. The minimum Gasteiger partial charge on any atom is -0.321 e. The van der Waals surface area contributed by atoms with E-state index in [0.29, 0.717) is 20.7 Å². The molecule has 1 atom stereocenters. The second-order valence-electron chi connectivity index (χ2n) is 7.90. The summed E-state index contributed by atoms with van der Waals surface area (Å²) in [5.41, 5.74) is 3.24. The number of nitrogens with zero attached hydrogens (tertiary/aromatic N) is 1. The largest absolute Gasteiger partial charge is 0.321 e. The number of thiophene rings is 1. The maximum atomic E-state index is 13.5. The van der Waals surface area contributed by atoms with Gasteiger partial charge < -0.3 is 10.6 Å². The Kier molecular flexibility index (Phi) is 8.01. The number of halogens is 1. The molecule has 2 amide bonds. The Hall–Kier alpha value is -3.43. The molecule has 5 rings (SSSR count). The summed E-state index contributed by atoms with van der Waals surface area (Å²) in [6, 6.07) is 28.2. The molecular weight excluding hydrogens is 542 g/mol. The van der Waals surface area contributed by atoms with E-state index in [1.165, 1.54) is 34.4 Å². The molecule has 9 heteroatoms. The average Bonchev–Trinajstić information content (AvgIpc) is 3.61. The molecule has 2 aromatic heterocycles. The van der Waals surface area contributed by atoms with E-state index in [-0.39, 0.29) is 11.8 Å². The molecule has 1 unspecified atom stereocenters. The summed E-state index contributed by atoms with van der Waals surface area (Å²) in [6.07, 6.45) is 0. The molecule has 0 saturated carbocycles. The Morgan fingerprint density at radius 1 is 0.865 bits per heavy atom. The highest BCUT2D eigenvalue weighted by molar-refractivity contribution is 8.00. The molecule has 5 aromatic rings. The monoisotopic (exact) mass is 561 g/mol. The summed E-state index contributed by atoms with van der Waals surface area (Å²) >= 11 is 10.2. The minimum atomic E-state index is -0.521. The van der Waals surface area contributed by atoms with E-state index in [0.717, 1.165) is 21.7 Å². The number of aromatic nitrogens is 1. The van der Waals surface area contributed by atoms with Crippen LogP contribution in [0.3, 0.4) is 0 Å². The van der Waals surface area contributed by atoms with E-state index < -0.39 is 5.25 Å². The van der Waals surface area contributed by atoms with Gasteiger partial charge in [0.25, 0.3) is 5.91 Å². The Labute approximate surface area is 231 Å². The third-order valence-electron chi connectivity index (χ3n) is 5.31. The third-order valence-corrected chi connectivity index (χ3v) is 8.43. The number of hydrogen-bond acceptors (Lipinski definition) is 6.